The van der Waals surface area contributed by atoms with Crippen molar-refractivity contribution < 1.29 is 14.3 Å². The van der Waals surface area contributed by atoms with E-state index in [1.807, 2.05) is 43.3 Å². The monoisotopic (exact) mass is 368 g/mol. The summed E-state index contributed by atoms with van der Waals surface area (Å²) in [7, 11) is 3.32. The van der Waals surface area contributed by atoms with Crippen molar-refractivity contribution in [3.63, 3.8) is 0 Å². The summed E-state index contributed by atoms with van der Waals surface area (Å²) in [6.07, 6.45) is 2.32. The van der Waals surface area contributed by atoms with Crippen molar-refractivity contribution >= 4 is 5.91 Å². The van der Waals surface area contributed by atoms with Gasteiger partial charge in [0.15, 0.2) is 0 Å². The molecule has 0 heterocycles. The van der Waals surface area contributed by atoms with Crippen molar-refractivity contribution in [1.82, 2.24) is 10.2 Å². The molecule has 1 atom stereocenters. The molecule has 0 aromatic heterocycles. The first-order chi connectivity index (χ1) is 13.1. The van der Waals surface area contributed by atoms with Gasteiger partial charge in [-0.2, -0.15) is 0 Å². The minimum Gasteiger partial charge on any atom is -0.497 e. The fourth-order valence-electron chi connectivity index (χ4n) is 3.29. The molecule has 2 aromatic rings. The molecule has 1 N–H and O–H groups in total. The normalized spacial score (nSPS) is 14.7. The third-order valence-corrected chi connectivity index (χ3v) is 4.94. The summed E-state index contributed by atoms with van der Waals surface area (Å²) in [4.78, 5) is 14.9. The Labute approximate surface area is 161 Å². The van der Waals surface area contributed by atoms with E-state index in [0.29, 0.717) is 12.6 Å². The summed E-state index contributed by atoms with van der Waals surface area (Å²) in [5, 5.41) is 3.11. The zero-order valence-electron chi connectivity index (χ0n) is 16.3. The Kier molecular flexibility index (Phi) is 6.35. The number of methoxy groups -OCH3 is 2. The molecule has 0 saturated heterocycles. The molecule has 1 amide bonds. The van der Waals surface area contributed by atoms with Gasteiger partial charge < -0.3 is 14.8 Å². The Hall–Kier alpha value is -2.53. The first-order valence-corrected chi connectivity index (χ1v) is 9.40. The Morgan fingerprint density at radius 1 is 1.11 bits per heavy atom. The Bertz CT molecular complexity index is 756. The van der Waals surface area contributed by atoms with E-state index in [9.17, 15) is 4.79 Å². The van der Waals surface area contributed by atoms with Gasteiger partial charge in [0.25, 0.3) is 0 Å². The fourth-order valence-corrected chi connectivity index (χ4v) is 3.29. The number of carbonyl (C=O) groups excluding carboxylic acids is 1. The molecule has 144 valence electrons. The van der Waals surface area contributed by atoms with Crippen LogP contribution in [0.3, 0.4) is 0 Å². The lowest BCUT2D eigenvalue weighted by Gasteiger charge is -2.23. The molecule has 3 rings (SSSR count). The van der Waals surface area contributed by atoms with E-state index < -0.39 is 0 Å². The Morgan fingerprint density at radius 2 is 1.81 bits per heavy atom. The third-order valence-electron chi connectivity index (χ3n) is 4.94. The maximum Gasteiger partial charge on any atom is 0.234 e. The number of hydrogen-bond donors (Lipinski definition) is 1. The molecular formula is C22H28N2O3. The maximum absolute atomic E-state index is 12.6. The van der Waals surface area contributed by atoms with E-state index in [1.54, 1.807) is 14.2 Å². The number of nitrogens with zero attached hydrogens (tertiary/aromatic N) is 1. The van der Waals surface area contributed by atoms with Crippen LogP contribution in [0.4, 0.5) is 0 Å². The quantitative estimate of drug-likeness (QED) is 0.735. The van der Waals surface area contributed by atoms with Gasteiger partial charge in [0.1, 0.15) is 11.5 Å². The van der Waals surface area contributed by atoms with Crippen LogP contribution in [0.1, 0.15) is 36.9 Å². The zero-order chi connectivity index (χ0) is 19.2. The topological polar surface area (TPSA) is 50.8 Å². The highest BCUT2D eigenvalue weighted by Gasteiger charge is 2.30. The predicted molar refractivity (Wildman–Crippen MR) is 106 cm³/mol. The summed E-state index contributed by atoms with van der Waals surface area (Å²) in [5.74, 6) is 1.68. The molecule has 0 spiro atoms. The van der Waals surface area contributed by atoms with Gasteiger partial charge in [-0.15, -0.1) is 0 Å². The average molecular weight is 368 g/mol. The molecule has 2 aromatic carbocycles. The number of para-hydroxylation sites is 1. The lowest BCUT2D eigenvalue weighted by atomic mass is 10.1. The molecule has 27 heavy (non-hydrogen) atoms. The van der Waals surface area contributed by atoms with Gasteiger partial charge in [0.2, 0.25) is 5.91 Å². The summed E-state index contributed by atoms with van der Waals surface area (Å²) in [6, 6.07) is 16.2. The molecular weight excluding hydrogens is 340 g/mol. The largest absolute Gasteiger partial charge is 0.497 e. The number of carbonyl (C=O) groups is 1. The summed E-state index contributed by atoms with van der Waals surface area (Å²) in [6.45, 7) is 3.15. The molecule has 1 fully saturated rings. The van der Waals surface area contributed by atoms with Crippen LogP contribution in [0, 0.1) is 0 Å². The van der Waals surface area contributed by atoms with Gasteiger partial charge in [-0.05, 0) is 43.5 Å². The van der Waals surface area contributed by atoms with E-state index in [2.05, 4.69) is 22.3 Å². The van der Waals surface area contributed by atoms with E-state index in [4.69, 9.17) is 9.47 Å². The predicted octanol–water partition coefficient (Wildman–Crippen LogP) is 3.55. The molecule has 5 heteroatoms. The summed E-state index contributed by atoms with van der Waals surface area (Å²) in [5.41, 5.74) is 2.18. The molecule has 1 aliphatic carbocycles. The highest BCUT2D eigenvalue weighted by molar-refractivity contribution is 5.78. The standard InChI is InChI=1S/C22H28N2O3/c1-16(20-6-4-5-7-21(20)27-3)23-22(25)15-24(18-10-11-18)14-17-8-12-19(26-2)13-9-17/h4-9,12-13,16,18H,10-11,14-15H2,1-3H3,(H,23,25). The van der Waals surface area contributed by atoms with Gasteiger partial charge in [-0.3, -0.25) is 9.69 Å². The second-order valence-electron chi connectivity index (χ2n) is 7.02. The minimum atomic E-state index is -0.101. The van der Waals surface area contributed by atoms with Crippen LogP contribution in [0.2, 0.25) is 0 Å². The second-order valence-corrected chi connectivity index (χ2v) is 7.02. The van der Waals surface area contributed by atoms with Gasteiger partial charge in [-0.25, -0.2) is 0 Å². The Balaban J connectivity index is 1.60. The van der Waals surface area contributed by atoms with E-state index in [1.165, 1.54) is 5.56 Å². The first kappa shape index (κ1) is 19.2. The van der Waals surface area contributed by atoms with Crippen LogP contribution in [-0.4, -0.2) is 37.6 Å². The molecule has 0 bridgehead atoms. The van der Waals surface area contributed by atoms with Crippen molar-refractivity contribution in [3.8, 4) is 11.5 Å². The van der Waals surface area contributed by atoms with Crippen LogP contribution in [0.25, 0.3) is 0 Å². The van der Waals surface area contributed by atoms with Crippen molar-refractivity contribution in [2.24, 2.45) is 0 Å². The number of ether oxygens (including phenoxy) is 2. The SMILES string of the molecule is COc1ccc(CN(CC(=O)NC(C)c2ccccc2OC)C2CC2)cc1. The van der Waals surface area contributed by atoms with Gasteiger partial charge in [-0.1, -0.05) is 30.3 Å². The van der Waals surface area contributed by atoms with E-state index >= 15 is 0 Å². The third kappa shape index (κ3) is 5.23. The van der Waals surface area contributed by atoms with Crippen molar-refractivity contribution in [2.45, 2.75) is 38.4 Å². The minimum absolute atomic E-state index is 0.0359. The fraction of sp³-hybridized carbons (Fsp3) is 0.409. The highest BCUT2D eigenvalue weighted by atomic mass is 16.5. The first-order valence-electron chi connectivity index (χ1n) is 9.40. The van der Waals surface area contributed by atoms with Crippen molar-refractivity contribution in [1.29, 1.82) is 0 Å². The average Bonchev–Trinajstić information content (AvgIpc) is 3.53. The van der Waals surface area contributed by atoms with Crippen LogP contribution in [0.15, 0.2) is 48.5 Å². The Morgan fingerprint density at radius 3 is 2.44 bits per heavy atom. The second kappa shape index (κ2) is 8.91. The number of benzene rings is 2. The number of nitrogens with one attached hydrogen (secondary N) is 1. The van der Waals surface area contributed by atoms with Gasteiger partial charge >= 0.3 is 0 Å². The molecule has 0 aliphatic heterocycles. The van der Waals surface area contributed by atoms with E-state index in [0.717, 1.165) is 36.4 Å². The lowest BCUT2D eigenvalue weighted by molar-refractivity contribution is -0.123. The van der Waals surface area contributed by atoms with E-state index in [-0.39, 0.29) is 11.9 Å². The molecule has 0 radical (unpaired) electrons. The van der Waals surface area contributed by atoms with Crippen molar-refractivity contribution in [2.75, 3.05) is 20.8 Å². The molecule has 1 unspecified atom stereocenters. The van der Waals surface area contributed by atoms with Crippen LogP contribution >= 0.6 is 0 Å². The summed E-state index contributed by atoms with van der Waals surface area (Å²) < 4.78 is 10.6. The van der Waals surface area contributed by atoms with Crippen LogP contribution < -0.4 is 14.8 Å². The maximum atomic E-state index is 12.6. The summed E-state index contributed by atoms with van der Waals surface area (Å²) >= 11 is 0. The van der Waals surface area contributed by atoms with Gasteiger partial charge in [0.05, 0.1) is 26.8 Å². The number of hydrogen-bond acceptors (Lipinski definition) is 4. The van der Waals surface area contributed by atoms with Crippen LogP contribution in [-0.2, 0) is 11.3 Å². The lowest BCUT2D eigenvalue weighted by Crippen LogP contribution is -2.39. The smallest absolute Gasteiger partial charge is 0.234 e. The van der Waals surface area contributed by atoms with Gasteiger partial charge in [0, 0.05) is 18.2 Å². The molecule has 1 aliphatic rings. The van der Waals surface area contributed by atoms with Crippen LogP contribution in [0.5, 0.6) is 11.5 Å². The number of rotatable bonds is 9. The molecule has 1 saturated carbocycles. The number of amides is 1. The molecule has 5 nitrogen and oxygen atoms in total. The highest BCUT2D eigenvalue weighted by Crippen LogP contribution is 2.29. The zero-order valence-corrected chi connectivity index (χ0v) is 16.3. The van der Waals surface area contributed by atoms with Crippen molar-refractivity contribution in [3.05, 3.63) is 59.7 Å².